The normalized spacial score (nSPS) is 11.3. The zero-order valence-corrected chi connectivity index (χ0v) is 16.2. The van der Waals surface area contributed by atoms with E-state index in [1.165, 1.54) is 18.2 Å². The van der Waals surface area contributed by atoms with Crippen LogP contribution < -0.4 is 10.7 Å². The lowest BCUT2D eigenvalue weighted by molar-refractivity contribution is -0.384. The lowest BCUT2D eigenvalue weighted by Crippen LogP contribution is -2.21. The zero-order chi connectivity index (χ0) is 21.2. The fourth-order valence-corrected chi connectivity index (χ4v) is 2.37. The number of hydrazone groups is 1. The summed E-state index contributed by atoms with van der Waals surface area (Å²) >= 11 is 0. The number of nitrogens with zero attached hydrogens (tertiary/aromatic N) is 2. The molecule has 0 aromatic heterocycles. The van der Waals surface area contributed by atoms with Gasteiger partial charge in [-0.15, -0.1) is 0 Å². The summed E-state index contributed by atoms with van der Waals surface area (Å²) in [5, 5.41) is 17.4. The highest BCUT2D eigenvalue weighted by molar-refractivity contribution is 5.97. The van der Waals surface area contributed by atoms with E-state index in [0.717, 1.165) is 5.56 Å². The molecule has 0 aliphatic carbocycles. The first-order valence-corrected chi connectivity index (χ1v) is 8.96. The van der Waals surface area contributed by atoms with Gasteiger partial charge in [-0.2, -0.15) is 5.10 Å². The molecule has 2 aromatic carbocycles. The molecule has 2 amide bonds. The van der Waals surface area contributed by atoms with E-state index >= 15 is 0 Å². The molecule has 0 aliphatic rings. The van der Waals surface area contributed by atoms with Gasteiger partial charge in [0.25, 0.3) is 5.69 Å². The number of rotatable bonds is 8. The van der Waals surface area contributed by atoms with Gasteiger partial charge in [0, 0.05) is 30.7 Å². The predicted molar refractivity (Wildman–Crippen MR) is 112 cm³/mol. The molecule has 2 rings (SSSR count). The Morgan fingerprint density at radius 3 is 2.45 bits per heavy atom. The average molecular weight is 394 g/mol. The largest absolute Gasteiger partial charge is 0.326 e. The minimum Gasteiger partial charge on any atom is -0.326 e. The van der Waals surface area contributed by atoms with E-state index in [9.17, 15) is 19.7 Å². The van der Waals surface area contributed by atoms with Crippen LogP contribution in [0.5, 0.6) is 0 Å². The first-order valence-electron chi connectivity index (χ1n) is 8.96. The molecule has 0 atom stereocenters. The molecule has 0 aliphatic heterocycles. The number of carbonyl (C=O) groups is 2. The molecule has 0 saturated carbocycles. The van der Waals surface area contributed by atoms with E-state index < -0.39 is 4.92 Å². The molecule has 8 nitrogen and oxygen atoms in total. The number of benzene rings is 2. The van der Waals surface area contributed by atoms with Crippen molar-refractivity contribution in [3.63, 3.8) is 0 Å². The molecular formula is C21H22N4O4. The molecule has 0 radical (unpaired) electrons. The van der Waals surface area contributed by atoms with Crippen LogP contribution in [0.1, 0.15) is 30.9 Å². The molecule has 0 bridgehead atoms. The maximum atomic E-state index is 12.0. The topological polar surface area (TPSA) is 114 Å². The number of hydrogen-bond acceptors (Lipinski definition) is 5. The molecule has 8 heteroatoms. The SMILES string of the molecule is CC(/C=C\c1ccccc1)=NNC(=O)CCC(=O)Nc1ccc([N+](=O)[O-])cc1C. The first-order chi connectivity index (χ1) is 13.8. The second-order valence-electron chi connectivity index (χ2n) is 6.34. The Labute approximate surface area is 168 Å². The number of amides is 2. The second kappa shape index (κ2) is 10.5. The second-order valence-corrected chi connectivity index (χ2v) is 6.34. The Hall–Kier alpha value is -3.81. The molecular weight excluding hydrogens is 372 g/mol. The van der Waals surface area contributed by atoms with E-state index in [-0.39, 0.29) is 30.3 Å². The van der Waals surface area contributed by atoms with Gasteiger partial charge >= 0.3 is 0 Å². The molecule has 29 heavy (non-hydrogen) atoms. The summed E-state index contributed by atoms with van der Waals surface area (Å²) in [6, 6.07) is 13.9. The quantitative estimate of drug-likeness (QED) is 0.402. The van der Waals surface area contributed by atoms with Crippen LogP contribution in [0.2, 0.25) is 0 Å². The van der Waals surface area contributed by atoms with Crippen molar-refractivity contribution in [2.45, 2.75) is 26.7 Å². The van der Waals surface area contributed by atoms with Crippen LogP contribution in [-0.2, 0) is 9.59 Å². The zero-order valence-electron chi connectivity index (χ0n) is 16.2. The molecule has 2 aromatic rings. The van der Waals surface area contributed by atoms with Gasteiger partial charge in [0.1, 0.15) is 0 Å². The minimum absolute atomic E-state index is 0.0307. The highest BCUT2D eigenvalue weighted by Gasteiger charge is 2.11. The van der Waals surface area contributed by atoms with Crippen molar-refractivity contribution < 1.29 is 14.5 Å². The van der Waals surface area contributed by atoms with E-state index in [1.807, 2.05) is 36.4 Å². The number of hydrogen-bond donors (Lipinski definition) is 2. The van der Waals surface area contributed by atoms with Crippen molar-refractivity contribution in [3.05, 3.63) is 75.8 Å². The fraction of sp³-hybridized carbons (Fsp3) is 0.190. The third kappa shape index (κ3) is 7.37. The van der Waals surface area contributed by atoms with Crippen LogP contribution in [-0.4, -0.2) is 22.4 Å². The number of nitro benzene ring substituents is 1. The van der Waals surface area contributed by atoms with Crippen molar-refractivity contribution in [2.75, 3.05) is 5.32 Å². The number of anilines is 1. The molecule has 150 valence electrons. The number of nitrogens with one attached hydrogen (secondary N) is 2. The Morgan fingerprint density at radius 1 is 1.10 bits per heavy atom. The fourth-order valence-electron chi connectivity index (χ4n) is 2.37. The first kappa shape index (κ1) is 21.5. The summed E-state index contributed by atoms with van der Waals surface area (Å²) in [6.45, 7) is 3.42. The predicted octanol–water partition coefficient (Wildman–Crippen LogP) is 3.83. The van der Waals surface area contributed by atoms with Crippen LogP contribution >= 0.6 is 0 Å². The molecule has 0 unspecified atom stereocenters. The van der Waals surface area contributed by atoms with Crippen LogP contribution in [0.4, 0.5) is 11.4 Å². The number of non-ortho nitro benzene ring substituents is 1. The Kier molecular flexibility index (Phi) is 7.78. The van der Waals surface area contributed by atoms with Gasteiger partial charge in [0.2, 0.25) is 11.8 Å². The average Bonchev–Trinajstić information content (AvgIpc) is 2.71. The van der Waals surface area contributed by atoms with Gasteiger partial charge in [0.05, 0.1) is 10.6 Å². The van der Waals surface area contributed by atoms with Crippen LogP contribution in [0.25, 0.3) is 6.08 Å². The lowest BCUT2D eigenvalue weighted by Gasteiger charge is -2.08. The van der Waals surface area contributed by atoms with Crippen molar-refractivity contribution in [2.24, 2.45) is 5.10 Å². The Morgan fingerprint density at radius 2 is 1.79 bits per heavy atom. The number of aryl methyl sites for hydroxylation is 1. The highest BCUT2D eigenvalue weighted by Crippen LogP contribution is 2.21. The molecule has 0 fully saturated rings. The van der Waals surface area contributed by atoms with Gasteiger partial charge in [-0.3, -0.25) is 19.7 Å². The number of carbonyl (C=O) groups excluding carboxylic acids is 2. The number of allylic oxidation sites excluding steroid dienone is 1. The van der Waals surface area contributed by atoms with E-state index in [4.69, 9.17) is 0 Å². The van der Waals surface area contributed by atoms with E-state index in [0.29, 0.717) is 17.0 Å². The van der Waals surface area contributed by atoms with Crippen molar-refractivity contribution >= 4 is 35.0 Å². The number of nitro groups is 1. The third-order valence-electron chi connectivity index (χ3n) is 3.95. The van der Waals surface area contributed by atoms with Gasteiger partial charge in [0.15, 0.2) is 0 Å². The highest BCUT2D eigenvalue weighted by atomic mass is 16.6. The van der Waals surface area contributed by atoms with Gasteiger partial charge in [-0.1, -0.05) is 36.4 Å². The summed E-state index contributed by atoms with van der Waals surface area (Å²) in [6.07, 6.45) is 3.60. The Balaban J connectivity index is 1.79. The van der Waals surface area contributed by atoms with Crippen molar-refractivity contribution in [1.82, 2.24) is 5.43 Å². The summed E-state index contributed by atoms with van der Waals surface area (Å²) in [5.41, 5.74) is 5.05. The van der Waals surface area contributed by atoms with Gasteiger partial charge < -0.3 is 5.32 Å². The Bertz CT molecular complexity index is 952. The van der Waals surface area contributed by atoms with Crippen LogP contribution in [0, 0.1) is 17.0 Å². The third-order valence-corrected chi connectivity index (χ3v) is 3.95. The van der Waals surface area contributed by atoms with Gasteiger partial charge in [-0.25, -0.2) is 5.43 Å². The smallest absolute Gasteiger partial charge is 0.269 e. The summed E-state index contributed by atoms with van der Waals surface area (Å²) in [7, 11) is 0. The summed E-state index contributed by atoms with van der Waals surface area (Å²) < 4.78 is 0. The van der Waals surface area contributed by atoms with Gasteiger partial charge in [-0.05, 0) is 37.1 Å². The van der Waals surface area contributed by atoms with Crippen molar-refractivity contribution in [3.8, 4) is 0 Å². The van der Waals surface area contributed by atoms with Crippen LogP contribution in [0.3, 0.4) is 0 Å². The summed E-state index contributed by atoms with van der Waals surface area (Å²) in [4.78, 5) is 34.1. The van der Waals surface area contributed by atoms with E-state index in [2.05, 4.69) is 15.8 Å². The minimum atomic E-state index is -0.500. The molecule has 2 N–H and O–H groups in total. The lowest BCUT2D eigenvalue weighted by atomic mass is 10.1. The maximum Gasteiger partial charge on any atom is 0.269 e. The molecule has 0 saturated heterocycles. The van der Waals surface area contributed by atoms with E-state index in [1.54, 1.807) is 19.9 Å². The maximum absolute atomic E-state index is 12.0. The molecule has 0 spiro atoms. The van der Waals surface area contributed by atoms with Crippen LogP contribution in [0.15, 0.2) is 59.7 Å². The summed E-state index contributed by atoms with van der Waals surface area (Å²) in [5.74, 6) is -0.741. The standard InChI is InChI=1S/C21H22N4O4/c1-15-14-18(25(28)29)10-11-19(15)22-20(26)12-13-21(27)24-23-16(2)8-9-17-6-4-3-5-7-17/h3-11,14H,12-13H2,1-2H3,(H,22,26)(H,24,27)/b9-8-,23-16?. The monoisotopic (exact) mass is 394 g/mol. The van der Waals surface area contributed by atoms with Crippen molar-refractivity contribution in [1.29, 1.82) is 0 Å². The molecule has 0 heterocycles.